The van der Waals surface area contributed by atoms with Crippen molar-refractivity contribution in [1.82, 2.24) is 4.90 Å². The van der Waals surface area contributed by atoms with E-state index in [0.717, 1.165) is 6.07 Å². The van der Waals surface area contributed by atoms with Gasteiger partial charge in [0.25, 0.3) is 0 Å². The van der Waals surface area contributed by atoms with E-state index in [1.54, 1.807) is 13.0 Å². The van der Waals surface area contributed by atoms with Gasteiger partial charge in [-0.15, -0.1) is 0 Å². The number of aliphatic carboxylic acids is 1. The maximum Gasteiger partial charge on any atom is 0.416 e. The van der Waals surface area contributed by atoms with Crippen LogP contribution >= 0.6 is 0 Å². The third kappa shape index (κ3) is 3.56. The predicted molar refractivity (Wildman–Crippen MR) is 71.8 cm³/mol. The van der Waals surface area contributed by atoms with Gasteiger partial charge in [0.1, 0.15) is 0 Å². The summed E-state index contributed by atoms with van der Waals surface area (Å²) in [7, 11) is 0. The lowest BCUT2D eigenvalue weighted by atomic mass is 9.93. The molecule has 0 amide bonds. The molecule has 2 rings (SSSR count). The van der Waals surface area contributed by atoms with Crippen LogP contribution in [0.2, 0.25) is 0 Å². The van der Waals surface area contributed by atoms with Gasteiger partial charge < -0.3 is 5.11 Å². The van der Waals surface area contributed by atoms with E-state index in [4.69, 9.17) is 5.11 Å². The molecule has 3 nitrogen and oxygen atoms in total. The first-order valence-corrected chi connectivity index (χ1v) is 6.93. The average Bonchev–Trinajstić information content (AvgIpc) is 2.45. The fourth-order valence-corrected chi connectivity index (χ4v) is 2.85. The molecule has 1 heterocycles. The summed E-state index contributed by atoms with van der Waals surface area (Å²) in [4.78, 5) is 12.8. The van der Waals surface area contributed by atoms with Gasteiger partial charge in [-0.1, -0.05) is 18.2 Å². The first kappa shape index (κ1) is 15.8. The van der Waals surface area contributed by atoms with Crippen molar-refractivity contribution in [2.75, 3.05) is 13.1 Å². The Hall–Kier alpha value is -1.56. The first-order chi connectivity index (χ1) is 9.80. The van der Waals surface area contributed by atoms with Crippen LogP contribution in [-0.2, 0) is 11.0 Å². The van der Waals surface area contributed by atoms with Gasteiger partial charge in [0.2, 0.25) is 0 Å². The number of carboxylic acid groups (broad SMARTS) is 1. The zero-order valence-electron chi connectivity index (χ0n) is 11.7. The largest absolute Gasteiger partial charge is 0.481 e. The Morgan fingerprint density at radius 1 is 1.29 bits per heavy atom. The van der Waals surface area contributed by atoms with Crippen molar-refractivity contribution < 1.29 is 23.1 Å². The van der Waals surface area contributed by atoms with Crippen molar-refractivity contribution in [2.24, 2.45) is 5.92 Å². The summed E-state index contributed by atoms with van der Waals surface area (Å²) in [6, 6.07) is 5.20. The molecule has 0 aromatic heterocycles. The van der Waals surface area contributed by atoms with E-state index in [2.05, 4.69) is 0 Å². The van der Waals surface area contributed by atoms with Crippen molar-refractivity contribution in [1.29, 1.82) is 0 Å². The second-order valence-corrected chi connectivity index (χ2v) is 5.41. The molecule has 1 atom stereocenters. The number of nitrogens with zero attached hydrogens (tertiary/aromatic N) is 1. The predicted octanol–water partition coefficient (Wildman–Crippen LogP) is 3.56. The Labute approximate surface area is 121 Å². The molecule has 1 saturated heterocycles. The summed E-state index contributed by atoms with van der Waals surface area (Å²) in [5.41, 5.74) is -0.364. The van der Waals surface area contributed by atoms with Crippen LogP contribution in [0.5, 0.6) is 0 Å². The van der Waals surface area contributed by atoms with Crippen LogP contribution in [0.3, 0.4) is 0 Å². The van der Waals surface area contributed by atoms with E-state index in [0.29, 0.717) is 25.9 Å². The number of hydrogen-bond donors (Lipinski definition) is 1. The van der Waals surface area contributed by atoms with Gasteiger partial charge >= 0.3 is 12.1 Å². The van der Waals surface area contributed by atoms with Crippen molar-refractivity contribution in [3.63, 3.8) is 0 Å². The second kappa shape index (κ2) is 6.05. The zero-order chi connectivity index (χ0) is 15.6. The average molecular weight is 301 g/mol. The standard InChI is InChI=1S/C15H18F3NO2/c1-10(19-8-6-11(7-9-19)14(20)21)12-4-2-3-5-13(12)15(16,17)18/h2-5,10-11H,6-9H2,1H3,(H,20,21)/t10-/m1/s1. The number of hydrogen-bond acceptors (Lipinski definition) is 2. The molecule has 1 aliphatic heterocycles. The van der Waals surface area contributed by atoms with Crippen molar-refractivity contribution in [2.45, 2.75) is 32.0 Å². The molecule has 0 unspecified atom stereocenters. The minimum Gasteiger partial charge on any atom is -0.481 e. The van der Waals surface area contributed by atoms with Crippen molar-refractivity contribution in [3.05, 3.63) is 35.4 Å². The maximum atomic E-state index is 13.0. The third-order valence-electron chi connectivity index (χ3n) is 4.14. The lowest BCUT2D eigenvalue weighted by molar-refractivity contribution is -0.143. The van der Waals surface area contributed by atoms with Gasteiger partial charge in [0.05, 0.1) is 11.5 Å². The summed E-state index contributed by atoms with van der Waals surface area (Å²) in [6.45, 7) is 2.75. The summed E-state index contributed by atoms with van der Waals surface area (Å²) in [5, 5.41) is 8.96. The van der Waals surface area contributed by atoms with Crippen molar-refractivity contribution in [3.8, 4) is 0 Å². The minimum atomic E-state index is -4.37. The molecule has 0 spiro atoms. The number of rotatable bonds is 3. The molecule has 1 fully saturated rings. The Morgan fingerprint density at radius 2 is 1.86 bits per heavy atom. The number of carboxylic acids is 1. The molecule has 6 heteroatoms. The van der Waals surface area contributed by atoms with Crippen molar-refractivity contribution >= 4 is 5.97 Å². The van der Waals surface area contributed by atoms with Gasteiger partial charge in [0.15, 0.2) is 0 Å². The van der Waals surface area contributed by atoms with Crippen LogP contribution in [0.25, 0.3) is 0 Å². The van der Waals surface area contributed by atoms with E-state index < -0.39 is 17.7 Å². The Balaban J connectivity index is 2.15. The Morgan fingerprint density at radius 3 is 2.38 bits per heavy atom. The summed E-state index contributed by atoms with van der Waals surface area (Å²) in [6.07, 6.45) is -3.41. The van der Waals surface area contributed by atoms with Gasteiger partial charge in [0, 0.05) is 6.04 Å². The highest BCUT2D eigenvalue weighted by atomic mass is 19.4. The lowest BCUT2D eigenvalue weighted by Crippen LogP contribution is -2.38. The van der Waals surface area contributed by atoms with Crippen LogP contribution in [0.1, 0.15) is 36.9 Å². The van der Waals surface area contributed by atoms with Crippen LogP contribution in [0, 0.1) is 5.92 Å². The van der Waals surface area contributed by atoms with Crippen LogP contribution in [0.15, 0.2) is 24.3 Å². The van der Waals surface area contributed by atoms with Gasteiger partial charge in [-0.2, -0.15) is 13.2 Å². The van der Waals surface area contributed by atoms with Gasteiger partial charge in [-0.05, 0) is 44.5 Å². The Kier molecular flexibility index (Phi) is 4.56. The molecule has 1 aromatic carbocycles. The molecule has 1 aromatic rings. The monoisotopic (exact) mass is 301 g/mol. The molecule has 116 valence electrons. The number of alkyl halides is 3. The molecule has 0 radical (unpaired) electrons. The number of benzene rings is 1. The zero-order valence-corrected chi connectivity index (χ0v) is 11.7. The van der Waals surface area contributed by atoms with E-state index >= 15 is 0 Å². The van der Waals surface area contributed by atoms with E-state index in [-0.39, 0.29) is 17.5 Å². The molecule has 0 aliphatic carbocycles. The number of halogens is 3. The SMILES string of the molecule is C[C@H](c1ccccc1C(F)(F)F)N1CCC(C(=O)O)CC1. The first-order valence-electron chi connectivity index (χ1n) is 6.93. The highest BCUT2D eigenvalue weighted by Gasteiger charge is 2.36. The fraction of sp³-hybridized carbons (Fsp3) is 0.533. The summed E-state index contributed by atoms with van der Waals surface area (Å²) < 4.78 is 39.1. The van der Waals surface area contributed by atoms with Gasteiger partial charge in [-0.3, -0.25) is 9.69 Å². The van der Waals surface area contributed by atoms with E-state index in [1.807, 2.05) is 4.90 Å². The second-order valence-electron chi connectivity index (χ2n) is 5.41. The quantitative estimate of drug-likeness (QED) is 0.928. The smallest absolute Gasteiger partial charge is 0.416 e. The van der Waals surface area contributed by atoms with Gasteiger partial charge in [-0.25, -0.2) is 0 Å². The van der Waals surface area contributed by atoms with Crippen LogP contribution in [-0.4, -0.2) is 29.1 Å². The molecule has 0 bridgehead atoms. The number of likely N-dealkylation sites (tertiary alicyclic amines) is 1. The molecular weight excluding hydrogens is 283 g/mol. The van der Waals surface area contributed by atoms with E-state index in [1.165, 1.54) is 12.1 Å². The molecule has 1 N–H and O–H groups in total. The lowest BCUT2D eigenvalue weighted by Gasteiger charge is -2.35. The highest BCUT2D eigenvalue weighted by molar-refractivity contribution is 5.70. The summed E-state index contributed by atoms with van der Waals surface area (Å²) in [5.74, 6) is -1.20. The maximum absolute atomic E-state index is 13.0. The number of piperidine rings is 1. The summed E-state index contributed by atoms with van der Waals surface area (Å²) >= 11 is 0. The molecule has 21 heavy (non-hydrogen) atoms. The fourth-order valence-electron chi connectivity index (χ4n) is 2.85. The highest BCUT2D eigenvalue weighted by Crippen LogP contribution is 2.37. The molecular formula is C15H18F3NO2. The van der Waals surface area contributed by atoms with Crippen LogP contribution < -0.4 is 0 Å². The Bertz CT molecular complexity index is 508. The van der Waals surface area contributed by atoms with Crippen LogP contribution in [0.4, 0.5) is 13.2 Å². The normalized spacial score (nSPS) is 19.4. The molecule has 0 saturated carbocycles. The minimum absolute atomic E-state index is 0.249. The number of carbonyl (C=O) groups is 1. The molecule has 1 aliphatic rings. The topological polar surface area (TPSA) is 40.5 Å². The third-order valence-corrected chi connectivity index (χ3v) is 4.14. The van der Waals surface area contributed by atoms with E-state index in [9.17, 15) is 18.0 Å².